The average Bonchev–Trinajstić information content (AvgIpc) is 2.78. The van der Waals surface area contributed by atoms with Crippen LogP contribution in [0.1, 0.15) is 40.0 Å². The Morgan fingerprint density at radius 2 is 1.93 bits per heavy atom. The van der Waals surface area contributed by atoms with Crippen LogP contribution < -0.4 is 5.32 Å². The van der Waals surface area contributed by atoms with Gasteiger partial charge in [-0.2, -0.15) is 0 Å². The molecule has 1 heterocycles. The maximum absolute atomic E-state index is 11.9. The molecule has 1 aliphatic carbocycles. The van der Waals surface area contributed by atoms with Crippen LogP contribution in [0.2, 0.25) is 0 Å². The Bertz CT molecular complexity index is 261. The van der Waals surface area contributed by atoms with Gasteiger partial charge in [-0.15, -0.1) is 0 Å². The van der Waals surface area contributed by atoms with E-state index >= 15 is 0 Å². The van der Waals surface area contributed by atoms with Crippen molar-refractivity contribution in [1.29, 1.82) is 0 Å². The quantitative estimate of drug-likeness (QED) is 0.671. The zero-order valence-electron chi connectivity index (χ0n) is 9.93. The highest BCUT2D eigenvalue weighted by molar-refractivity contribution is 5.77. The Labute approximate surface area is 91.6 Å². The number of esters is 1. The van der Waals surface area contributed by atoms with E-state index in [-0.39, 0.29) is 17.5 Å². The fourth-order valence-electron chi connectivity index (χ4n) is 2.53. The summed E-state index contributed by atoms with van der Waals surface area (Å²) < 4.78 is 5.43. The lowest BCUT2D eigenvalue weighted by atomic mass is 9.92. The second kappa shape index (κ2) is 3.48. The fourth-order valence-corrected chi connectivity index (χ4v) is 2.53. The molecule has 2 fully saturated rings. The van der Waals surface area contributed by atoms with Crippen molar-refractivity contribution < 1.29 is 9.53 Å². The standard InChI is InChI=1S/C12H21NO2/c1-11(2,3)15-10(14)9-8-12(9)4-6-13-7-5-12/h9,13H,4-8H2,1-3H3/t9-/m0/s1. The molecule has 0 bridgehead atoms. The summed E-state index contributed by atoms with van der Waals surface area (Å²) >= 11 is 0. The second-order valence-corrected chi connectivity index (χ2v) is 5.90. The van der Waals surface area contributed by atoms with E-state index in [1.807, 2.05) is 20.8 Å². The van der Waals surface area contributed by atoms with E-state index in [1.165, 1.54) is 0 Å². The van der Waals surface area contributed by atoms with Gasteiger partial charge in [0.1, 0.15) is 5.60 Å². The van der Waals surface area contributed by atoms with Gasteiger partial charge in [-0.25, -0.2) is 0 Å². The summed E-state index contributed by atoms with van der Waals surface area (Å²) in [4.78, 5) is 11.9. The fraction of sp³-hybridized carbons (Fsp3) is 0.917. The van der Waals surface area contributed by atoms with Gasteiger partial charge >= 0.3 is 5.97 Å². The first-order chi connectivity index (χ1) is 6.93. The van der Waals surface area contributed by atoms with Crippen LogP contribution in [0.3, 0.4) is 0 Å². The molecule has 1 spiro atoms. The van der Waals surface area contributed by atoms with Crippen LogP contribution in [-0.4, -0.2) is 24.7 Å². The van der Waals surface area contributed by atoms with Crippen LogP contribution in [0.4, 0.5) is 0 Å². The molecule has 1 saturated heterocycles. The number of hydrogen-bond donors (Lipinski definition) is 1. The minimum absolute atomic E-state index is 0.0180. The smallest absolute Gasteiger partial charge is 0.310 e. The van der Waals surface area contributed by atoms with Gasteiger partial charge in [0.15, 0.2) is 0 Å². The summed E-state index contributed by atoms with van der Waals surface area (Å²) in [5, 5.41) is 3.34. The Morgan fingerprint density at radius 3 is 2.47 bits per heavy atom. The van der Waals surface area contributed by atoms with Crippen molar-refractivity contribution in [3.63, 3.8) is 0 Å². The minimum atomic E-state index is -0.340. The van der Waals surface area contributed by atoms with E-state index in [0.29, 0.717) is 5.41 Å². The third-order valence-corrected chi connectivity index (χ3v) is 3.48. The van der Waals surface area contributed by atoms with Gasteiger partial charge in [-0.05, 0) is 58.5 Å². The first-order valence-corrected chi connectivity index (χ1v) is 5.87. The molecule has 86 valence electrons. The average molecular weight is 211 g/mol. The molecule has 0 unspecified atom stereocenters. The van der Waals surface area contributed by atoms with E-state index in [2.05, 4.69) is 5.32 Å². The third-order valence-electron chi connectivity index (χ3n) is 3.48. The summed E-state index contributed by atoms with van der Waals surface area (Å²) in [7, 11) is 0. The zero-order valence-corrected chi connectivity index (χ0v) is 9.93. The monoisotopic (exact) mass is 211 g/mol. The molecule has 1 saturated carbocycles. The SMILES string of the molecule is CC(C)(C)OC(=O)[C@@H]1CC12CCNCC2. The molecule has 15 heavy (non-hydrogen) atoms. The van der Waals surface area contributed by atoms with Crippen LogP contribution in [0.15, 0.2) is 0 Å². The Hall–Kier alpha value is -0.570. The third kappa shape index (κ3) is 2.33. The molecule has 0 aromatic heterocycles. The topological polar surface area (TPSA) is 38.3 Å². The van der Waals surface area contributed by atoms with Crippen molar-refractivity contribution in [2.24, 2.45) is 11.3 Å². The van der Waals surface area contributed by atoms with Crippen LogP contribution in [0, 0.1) is 11.3 Å². The molecule has 0 amide bonds. The maximum Gasteiger partial charge on any atom is 0.310 e. The van der Waals surface area contributed by atoms with Gasteiger partial charge < -0.3 is 10.1 Å². The number of hydrogen-bond acceptors (Lipinski definition) is 3. The summed E-state index contributed by atoms with van der Waals surface area (Å²) in [6.45, 7) is 7.91. The molecule has 3 nitrogen and oxygen atoms in total. The number of piperidine rings is 1. The lowest BCUT2D eigenvalue weighted by Gasteiger charge is -2.25. The van der Waals surface area contributed by atoms with E-state index in [9.17, 15) is 4.79 Å². The number of ether oxygens (including phenoxy) is 1. The van der Waals surface area contributed by atoms with Gasteiger partial charge in [-0.3, -0.25) is 4.79 Å². The van der Waals surface area contributed by atoms with E-state index in [4.69, 9.17) is 4.74 Å². The largest absolute Gasteiger partial charge is 0.460 e. The van der Waals surface area contributed by atoms with Crippen molar-refractivity contribution >= 4 is 5.97 Å². The zero-order chi connectivity index (χ0) is 11.1. The predicted octanol–water partition coefficient (Wildman–Crippen LogP) is 1.72. The number of carbonyl (C=O) groups is 1. The molecule has 2 aliphatic rings. The highest BCUT2D eigenvalue weighted by Crippen LogP contribution is 2.59. The van der Waals surface area contributed by atoms with Gasteiger partial charge in [0.05, 0.1) is 5.92 Å². The highest BCUT2D eigenvalue weighted by Gasteiger charge is 2.59. The highest BCUT2D eigenvalue weighted by atomic mass is 16.6. The van der Waals surface area contributed by atoms with Crippen LogP contribution in [-0.2, 0) is 9.53 Å². The first-order valence-electron chi connectivity index (χ1n) is 5.87. The second-order valence-electron chi connectivity index (χ2n) is 5.90. The van der Waals surface area contributed by atoms with Crippen LogP contribution in [0.5, 0.6) is 0 Å². The molecular weight excluding hydrogens is 190 g/mol. The molecule has 1 N–H and O–H groups in total. The van der Waals surface area contributed by atoms with E-state index in [1.54, 1.807) is 0 Å². The predicted molar refractivity (Wildman–Crippen MR) is 58.5 cm³/mol. The van der Waals surface area contributed by atoms with Gasteiger partial charge in [0, 0.05) is 0 Å². The van der Waals surface area contributed by atoms with Crippen molar-refractivity contribution in [3.8, 4) is 0 Å². The lowest BCUT2D eigenvalue weighted by molar-refractivity contribution is -0.157. The normalized spacial score (nSPS) is 28.9. The molecule has 1 aliphatic heterocycles. The van der Waals surface area contributed by atoms with Crippen LogP contribution in [0.25, 0.3) is 0 Å². The van der Waals surface area contributed by atoms with E-state index < -0.39 is 0 Å². The van der Waals surface area contributed by atoms with Gasteiger partial charge in [-0.1, -0.05) is 0 Å². The summed E-state index contributed by atoms with van der Waals surface area (Å²) in [6, 6.07) is 0. The molecule has 0 aromatic carbocycles. The Balaban J connectivity index is 1.89. The number of carbonyl (C=O) groups excluding carboxylic acids is 1. The summed E-state index contributed by atoms with van der Waals surface area (Å²) in [6.07, 6.45) is 3.32. The molecular formula is C12H21NO2. The Kier molecular flexibility index (Phi) is 2.53. The summed E-state index contributed by atoms with van der Waals surface area (Å²) in [5.74, 6) is 0.197. The van der Waals surface area contributed by atoms with Crippen molar-refractivity contribution in [3.05, 3.63) is 0 Å². The maximum atomic E-state index is 11.9. The summed E-state index contributed by atoms with van der Waals surface area (Å²) in [5.41, 5.74) is -0.0403. The molecule has 0 aromatic rings. The van der Waals surface area contributed by atoms with Gasteiger partial charge in [0.2, 0.25) is 0 Å². The van der Waals surface area contributed by atoms with Crippen molar-refractivity contribution in [2.45, 2.75) is 45.6 Å². The lowest BCUT2D eigenvalue weighted by Crippen LogP contribution is -2.32. The van der Waals surface area contributed by atoms with Crippen molar-refractivity contribution in [2.75, 3.05) is 13.1 Å². The molecule has 3 heteroatoms. The molecule has 1 atom stereocenters. The van der Waals surface area contributed by atoms with Gasteiger partial charge in [0.25, 0.3) is 0 Å². The number of rotatable bonds is 1. The number of nitrogens with one attached hydrogen (secondary N) is 1. The first kappa shape index (κ1) is 10.9. The molecule has 0 radical (unpaired) electrons. The van der Waals surface area contributed by atoms with E-state index in [0.717, 1.165) is 32.4 Å². The Morgan fingerprint density at radius 1 is 1.33 bits per heavy atom. The van der Waals surface area contributed by atoms with Crippen molar-refractivity contribution in [1.82, 2.24) is 5.32 Å². The molecule has 2 rings (SSSR count). The minimum Gasteiger partial charge on any atom is -0.460 e. The van der Waals surface area contributed by atoms with Crippen LogP contribution >= 0.6 is 0 Å².